The molecule has 1 aliphatic rings. The van der Waals surface area contributed by atoms with Crippen molar-refractivity contribution in [3.8, 4) is 5.75 Å². The van der Waals surface area contributed by atoms with Crippen molar-refractivity contribution >= 4 is 49.3 Å². The second-order valence-electron chi connectivity index (χ2n) is 8.07. The maximum Gasteiger partial charge on any atom is 0.286 e. The molecule has 0 atom stereocenters. The van der Waals surface area contributed by atoms with Gasteiger partial charge in [-0.2, -0.15) is 18.2 Å². The Morgan fingerprint density at radius 3 is 2.73 bits per heavy atom. The van der Waals surface area contributed by atoms with E-state index in [-0.39, 0.29) is 33.1 Å². The van der Waals surface area contributed by atoms with Gasteiger partial charge in [-0.25, -0.2) is 0 Å². The lowest BCUT2D eigenvalue weighted by atomic mass is 9.93. The Bertz CT molecular complexity index is 1380. The summed E-state index contributed by atoms with van der Waals surface area (Å²) in [6.45, 7) is 6.15. The van der Waals surface area contributed by atoms with Crippen molar-refractivity contribution in [2.24, 2.45) is 14.9 Å². The molecule has 8 nitrogen and oxygen atoms in total. The minimum atomic E-state index is -4.03. The lowest BCUT2D eigenvalue weighted by molar-refractivity contribution is 0.436. The maximum atomic E-state index is 13.3. The molecule has 3 heterocycles. The summed E-state index contributed by atoms with van der Waals surface area (Å²) in [5, 5.41) is 19.7. The van der Waals surface area contributed by atoms with Crippen molar-refractivity contribution in [2.75, 3.05) is 5.32 Å². The summed E-state index contributed by atoms with van der Waals surface area (Å²) < 4.78 is 30.6. The first-order valence-electron chi connectivity index (χ1n) is 9.18. The normalized spacial score (nSPS) is 15.8. The van der Waals surface area contributed by atoms with E-state index in [0.717, 1.165) is 0 Å². The van der Waals surface area contributed by atoms with E-state index in [1.165, 1.54) is 22.1 Å². The molecule has 0 unspecified atom stereocenters. The molecule has 0 spiro atoms. The fourth-order valence-electron chi connectivity index (χ4n) is 3.02. The van der Waals surface area contributed by atoms with Crippen LogP contribution in [0.1, 0.15) is 32.8 Å². The highest BCUT2D eigenvalue weighted by molar-refractivity contribution is 7.90. The van der Waals surface area contributed by atoms with Gasteiger partial charge < -0.3 is 10.4 Å². The molecule has 1 aromatic carbocycles. The van der Waals surface area contributed by atoms with Crippen LogP contribution in [0.2, 0.25) is 0 Å². The van der Waals surface area contributed by atoms with Gasteiger partial charge >= 0.3 is 0 Å². The van der Waals surface area contributed by atoms with Gasteiger partial charge in [0.15, 0.2) is 11.6 Å². The van der Waals surface area contributed by atoms with Crippen LogP contribution in [0, 0.1) is 5.41 Å². The standard InChI is InChI=1S/C20H20N4O4S2/c1-20(2,3)9-10-21-24-13-8-11-29-17(13)16(25)15(19(24)26)18-22-12-6-4-5-7-14(12)30(27,28)23-18/h4-8,10-11,25H,9H2,1-3H3,(H,22,23). The number of amidine groups is 1. The smallest absolute Gasteiger partial charge is 0.286 e. The molecule has 0 saturated carbocycles. The van der Waals surface area contributed by atoms with Crippen molar-refractivity contribution in [1.29, 1.82) is 0 Å². The zero-order valence-electron chi connectivity index (χ0n) is 16.6. The average Bonchev–Trinajstić information content (AvgIpc) is 3.13. The van der Waals surface area contributed by atoms with E-state index < -0.39 is 15.6 Å². The third-order valence-electron chi connectivity index (χ3n) is 4.50. The first kappa shape index (κ1) is 20.3. The molecule has 0 bridgehead atoms. The van der Waals surface area contributed by atoms with Gasteiger partial charge in [-0.1, -0.05) is 32.9 Å². The van der Waals surface area contributed by atoms with Gasteiger partial charge in [-0.15, -0.1) is 15.7 Å². The van der Waals surface area contributed by atoms with E-state index in [1.54, 1.807) is 35.9 Å². The molecular formula is C20H20N4O4S2. The fraction of sp³-hybridized carbons (Fsp3) is 0.250. The van der Waals surface area contributed by atoms with Gasteiger partial charge in [-0.05, 0) is 35.4 Å². The van der Waals surface area contributed by atoms with Crippen molar-refractivity contribution < 1.29 is 13.5 Å². The second kappa shape index (κ2) is 7.06. The van der Waals surface area contributed by atoms with Crippen LogP contribution in [0.3, 0.4) is 0 Å². The Morgan fingerprint density at radius 2 is 2.00 bits per heavy atom. The van der Waals surface area contributed by atoms with E-state index >= 15 is 0 Å². The zero-order valence-corrected chi connectivity index (χ0v) is 18.2. The largest absolute Gasteiger partial charge is 0.505 e. The van der Waals surface area contributed by atoms with Crippen LogP contribution in [0.25, 0.3) is 10.2 Å². The molecule has 3 aromatic rings. The summed E-state index contributed by atoms with van der Waals surface area (Å²) in [5.41, 5.74) is -0.195. The van der Waals surface area contributed by atoms with Gasteiger partial charge in [-0.3, -0.25) is 4.79 Å². The fourth-order valence-corrected chi connectivity index (χ4v) is 4.97. The molecule has 30 heavy (non-hydrogen) atoms. The van der Waals surface area contributed by atoms with Gasteiger partial charge in [0.25, 0.3) is 15.6 Å². The summed E-state index contributed by atoms with van der Waals surface area (Å²) in [5.74, 6) is -0.556. The van der Waals surface area contributed by atoms with Crippen molar-refractivity contribution in [1.82, 2.24) is 4.68 Å². The van der Waals surface area contributed by atoms with E-state index in [9.17, 15) is 18.3 Å². The van der Waals surface area contributed by atoms with Gasteiger partial charge in [0.1, 0.15) is 10.5 Å². The molecule has 156 valence electrons. The topological polar surface area (TPSA) is 113 Å². The van der Waals surface area contributed by atoms with Crippen LogP contribution < -0.4 is 10.9 Å². The van der Waals surface area contributed by atoms with Crippen LogP contribution in [0.4, 0.5) is 5.69 Å². The van der Waals surface area contributed by atoms with Gasteiger partial charge in [0.05, 0.1) is 15.9 Å². The lowest BCUT2D eigenvalue weighted by Crippen LogP contribution is -2.31. The Kier molecular flexibility index (Phi) is 4.78. The number of benzene rings is 1. The molecule has 0 amide bonds. The van der Waals surface area contributed by atoms with Gasteiger partial charge in [0.2, 0.25) is 0 Å². The lowest BCUT2D eigenvalue weighted by Gasteiger charge is -2.19. The van der Waals surface area contributed by atoms with Crippen LogP contribution in [-0.4, -0.2) is 30.3 Å². The van der Waals surface area contributed by atoms with Crippen LogP contribution in [-0.2, 0) is 10.0 Å². The van der Waals surface area contributed by atoms with E-state index in [2.05, 4.69) is 14.8 Å². The number of nitrogens with one attached hydrogen (secondary N) is 1. The average molecular weight is 445 g/mol. The predicted molar refractivity (Wildman–Crippen MR) is 119 cm³/mol. The molecule has 0 saturated heterocycles. The first-order chi connectivity index (χ1) is 14.1. The Labute approximate surface area is 177 Å². The van der Waals surface area contributed by atoms with E-state index in [0.29, 0.717) is 16.6 Å². The summed E-state index contributed by atoms with van der Waals surface area (Å²) in [7, 11) is -4.03. The summed E-state index contributed by atoms with van der Waals surface area (Å²) in [4.78, 5) is 13.3. The monoisotopic (exact) mass is 444 g/mol. The zero-order chi connectivity index (χ0) is 21.7. The van der Waals surface area contributed by atoms with Crippen LogP contribution in [0.5, 0.6) is 5.75 Å². The summed E-state index contributed by atoms with van der Waals surface area (Å²) >= 11 is 1.22. The highest BCUT2D eigenvalue weighted by Gasteiger charge is 2.30. The first-order valence-corrected chi connectivity index (χ1v) is 11.5. The Morgan fingerprint density at radius 1 is 1.27 bits per heavy atom. The minimum absolute atomic E-state index is 0.00830. The number of para-hydroxylation sites is 1. The maximum absolute atomic E-state index is 13.3. The summed E-state index contributed by atoms with van der Waals surface area (Å²) in [6.07, 6.45) is 2.27. The summed E-state index contributed by atoms with van der Waals surface area (Å²) in [6, 6.07) is 7.94. The molecule has 0 fully saturated rings. The van der Waals surface area contributed by atoms with E-state index in [4.69, 9.17) is 0 Å². The van der Waals surface area contributed by atoms with Crippen molar-refractivity contribution in [3.63, 3.8) is 0 Å². The van der Waals surface area contributed by atoms with Gasteiger partial charge in [0, 0.05) is 6.21 Å². The Balaban J connectivity index is 1.93. The number of aromatic nitrogens is 1. The third kappa shape index (κ3) is 3.52. The molecule has 2 N–H and O–H groups in total. The second-order valence-corrected chi connectivity index (χ2v) is 10.6. The number of thiophene rings is 1. The third-order valence-corrected chi connectivity index (χ3v) is 6.74. The number of hydrogen-bond acceptors (Lipinski definition) is 7. The van der Waals surface area contributed by atoms with Crippen molar-refractivity contribution in [2.45, 2.75) is 32.1 Å². The number of anilines is 1. The number of pyridine rings is 1. The number of fused-ring (bicyclic) bond motifs is 2. The molecule has 4 rings (SSSR count). The van der Waals surface area contributed by atoms with Crippen LogP contribution >= 0.6 is 11.3 Å². The molecule has 10 heteroatoms. The molecule has 2 aromatic heterocycles. The number of sulfonamides is 1. The number of hydrogen-bond donors (Lipinski definition) is 2. The Hall–Kier alpha value is -2.98. The number of rotatable bonds is 3. The highest BCUT2D eigenvalue weighted by atomic mass is 32.2. The SMILES string of the molecule is CC(C)(C)CC=Nn1c(=O)c(C2=NS(=O)(=O)c3ccccc3N2)c(O)c2sccc21. The number of aromatic hydroxyl groups is 1. The molecular weight excluding hydrogens is 424 g/mol. The number of nitrogens with zero attached hydrogens (tertiary/aromatic N) is 3. The van der Waals surface area contributed by atoms with Crippen LogP contribution in [0.15, 0.2) is 54.9 Å². The molecule has 0 aliphatic carbocycles. The quantitative estimate of drug-likeness (QED) is 0.599. The predicted octanol–water partition coefficient (Wildman–Crippen LogP) is 3.60. The molecule has 0 radical (unpaired) electrons. The minimum Gasteiger partial charge on any atom is -0.505 e. The molecule has 1 aliphatic heterocycles. The van der Waals surface area contributed by atoms with Crippen molar-refractivity contribution in [3.05, 3.63) is 51.6 Å². The van der Waals surface area contributed by atoms with E-state index in [1.807, 2.05) is 20.8 Å². The highest BCUT2D eigenvalue weighted by Crippen LogP contribution is 2.34.